The van der Waals surface area contributed by atoms with E-state index in [-0.39, 0.29) is 32.7 Å². The lowest BCUT2D eigenvalue weighted by Crippen LogP contribution is -2.36. The van der Waals surface area contributed by atoms with Crippen molar-refractivity contribution in [2.75, 3.05) is 36.9 Å². The number of aromatic nitrogens is 2. The topological polar surface area (TPSA) is 98.4 Å². The monoisotopic (exact) mass is 464 g/mol. The van der Waals surface area contributed by atoms with Gasteiger partial charge in [-0.1, -0.05) is 18.2 Å². The van der Waals surface area contributed by atoms with Gasteiger partial charge in [0.25, 0.3) is 0 Å². The Morgan fingerprint density at radius 2 is 1.69 bits per heavy atom. The molecule has 1 fully saturated rings. The first-order valence-corrected chi connectivity index (χ1v) is 11.1. The van der Waals surface area contributed by atoms with E-state index in [0.717, 1.165) is 12.3 Å². The number of hydrogen-bond donors (Lipinski definition) is 1. The SMILES string of the molecule is Nc1cc(C(F)(F)F)c(-c2cc(S(=O)(=O)c3ccccc3)cc(N3CCOCC3)n2)cn1. The number of anilines is 2. The Bertz CT molecular complexity index is 1230. The highest BCUT2D eigenvalue weighted by Crippen LogP contribution is 2.38. The van der Waals surface area contributed by atoms with E-state index >= 15 is 0 Å². The fraction of sp³-hybridized carbons (Fsp3) is 0.238. The minimum atomic E-state index is -4.73. The van der Waals surface area contributed by atoms with Crippen LogP contribution in [-0.2, 0) is 20.8 Å². The largest absolute Gasteiger partial charge is 0.417 e. The molecular weight excluding hydrogens is 445 g/mol. The Morgan fingerprint density at radius 1 is 1.00 bits per heavy atom. The third-order valence-electron chi connectivity index (χ3n) is 4.99. The minimum Gasteiger partial charge on any atom is -0.384 e. The van der Waals surface area contributed by atoms with E-state index in [2.05, 4.69) is 9.97 Å². The third kappa shape index (κ3) is 4.39. The Balaban J connectivity index is 1.94. The van der Waals surface area contributed by atoms with Crippen LogP contribution in [0.2, 0.25) is 0 Å². The number of hydrogen-bond acceptors (Lipinski definition) is 7. The van der Waals surface area contributed by atoms with E-state index in [1.165, 1.54) is 18.2 Å². The molecule has 0 spiro atoms. The van der Waals surface area contributed by atoms with E-state index in [4.69, 9.17) is 10.5 Å². The molecule has 7 nitrogen and oxygen atoms in total. The lowest BCUT2D eigenvalue weighted by molar-refractivity contribution is -0.137. The summed E-state index contributed by atoms with van der Waals surface area (Å²) in [5, 5.41) is 0. The molecule has 1 aliphatic heterocycles. The summed E-state index contributed by atoms with van der Waals surface area (Å²) in [6.07, 6.45) is -3.77. The summed E-state index contributed by atoms with van der Waals surface area (Å²) < 4.78 is 73.0. The molecule has 32 heavy (non-hydrogen) atoms. The van der Waals surface area contributed by atoms with Gasteiger partial charge in [0.15, 0.2) is 0 Å². The molecule has 0 unspecified atom stereocenters. The number of morpholine rings is 1. The molecule has 3 heterocycles. The maximum atomic E-state index is 13.7. The van der Waals surface area contributed by atoms with Crippen LogP contribution in [0.1, 0.15) is 5.56 Å². The number of ether oxygens (including phenoxy) is 1. The van der Waals surface area contributed by atoms with E-state index in [1.54, 1.807) is 23.1 Å². The molecule has 0 aliphatic carbocycles. The fourth-order valence-electron chi connectivity index (χ4n) is 3.39. The maximum absolute atomic E-state index is 13.7. The van der Waals surface area contributed by atoms with Crippen LogP contribution in [0.5, 0.6) is 0 Å². The van der Waals surface area contributed by atoms with Crippen molar-refractivity contribution in [1.82, 2.24) is 9.97 Å². The normalized spacial score (nSPS) is 15.0. The summed E-state index contributed by atoms with van der Waals surface area (Å²) in [6.45, 7) is 1.63. The van der Waals surface area contributed by atoms with E-state index in [1.807, 2.05) is 0 Å². The van der Waals surface area contributed by atoms with Crippen molar-refractivity contribution in [3.05, 3.63) is 60.3 Å². The van der Waals surface area contributed by atoms with Crippen LogP contribution in [-0.4, -0.2) is 44.7 Å². The Kier molecular flexibility index (Phi) is 5.78. The molecule has 0 saturated carbocycles. The second-order valence-electron chi connectivity index (χ2n) is 7.11. The number of benzene rings is 1. The summed E-state index contributed by atoms with van der Waals surface area (Å²) in [5.74, 6) is -0.0622. The van der Waals surface area contributed by atoms with E-state index in [0.29, 0.717) is 32.4 Å². The fourth-order valence-corrected chi connectivity index (χ4v) is 4.70. The molecule has 0 bridgehead atoms. The number of alkyl halides is 3. The van der Waals surface area contributed by atoms with Gasteiger partial charge in [-0.25, -0.2) is 18.4 Å². The quantitative estimate of drug-likeness (QED) is 0.632. The Labute approximate surface area is 182 Å². The Morgan fingerprint density at radius 3 is 2.34 bits per heavy atom. The number of halogens is 3. The summed E-state index contributed by atoms with van der Waals surface area (Å²) in [6, 6.07) is 10.9. The van der Waals surface area contributed by atoms with Crippen LogP contribution < -0.4 is 10.6 Å². The highest BCUT2D eigenvalue weighted by molar-refractivity contribution is 7.91. The molecule has 1 saturated heterocycles. The van der Waals surface area contributed by atoms with E-state index in [9.17, 15) is 21.6 Å². The molecule has 0 radical (unpaired) electrons. The predicted molar refractivity (Wildman–Crippen MR) is 112 cm³/mol. The van der Waals surface area contributed by atoms with Crippen LogP contribution in [0.15, 0.2) is 64.5 Å². The summed E-state index contributed by atoms with van der Waals surface area (Å²) >= 11 is 0. The number of pyridine rings is 2. The second-order valence-corrected chi connectivity index (χ2v) is 9.06. The lowest BCUT2D eigenvalue weighted by atomic mass is 10.1. The van der Waals surface area contributed by atoms with Gasteiger partial charge in [0.05, 0.1) is 34.3 Å². The van der Waals surface area contributed by atoms with Crippen molar-refractivity contribution in [2.45, 2.75) is 16.0 Å². The highest BCUT2D eigenvalue weighted by atomic mass is 32.2. The summed E-state index contributed by atoms with van der Waals surface area (Å²) in [7, 11) is -4.01. The zero-order valence-electron chi connectivity index (χ0n) is 16.7. The molecule has 1 aromatic carbocycles. The third-order valence-corrected chi connectivity index (χ3v) is 6.74. The zero-order valence-corrected chi connectivity index (χ0v) is 17.5. The number of rotatable bonds is 4. The molecule has 11 heteroatoms. The van der Waals surface area contributed by atoms with Crippen molar-refractivity contribution in [3.8, 4) is 11.3 Å². The molecule has 2 N–H and O–H groups in total. The molecule has 0 atom stereocenters. The highest BCUT2D eigenvalue weighted by Gasteiger charge is 2.35. The number of sulfone groups is 1. The van der Waals surface area contributed by atoms with Crippen LogP contribution in [0.25, 0.3) is 11.3 Å². The van der Waals surface area contributed by atoms with Gasteiger partial charge < -0.3 is 15.4 Å². The average Bonchev–Trinajstić information content (AvgIpc) is 2.79. The van der Waals surface area contributed by atoms with Gasteiger partial charge in [0.1, 0.15) is 11.6 Å². The number of nitrogens with two attached hydrogens (primary N) is 1. The van der Waals surface area contributed by atoms with Crippen molar-refractivity contribution in [3.63, 3.8) is 0 Å². The van der Waals surface area contributed by atoms with Gasteiger partial charge >= 0.3 is 6.18 Å². The van der Waals surface area contributed by atoms with Gasteiger partial charge in [0.2, 0.25) is 9.84 Å². The smallest absolute Gasteiger partial charge is 0.384 e. The van der Waals surface area contributed by atoms with Gasteiger partial charge in [-0.2, -0.15) is 13.2 Å². The van der Waals surface area contributed by atoms with Crippen LogP contribution in [0, 0.1) is 0 Å². The van der Waals surface area contributed by atoms with Crippen LogP contribution in [0.4, 0.5) is 24.8 Å². The first kappa shape index (κ1) is 22.0. The van der Waals surface area contributed by atoms with Gasteiger partial charge in [-0.15, -0.1) is 0 Å². The number of nitrogens with zero attached hydrogens (tertiary/aromatic N) is 3. The predicted octanol–water partition coefficient (Wildman–Crippen LogP) is 3.41. The minimum absolute atomic E-state index is 0.0246. The van der Waals surface area contributed by atoms with Crippen molar-refractivity contribution >= 4 is 21.5 Å². The molecular formula is C21H19F3N4O3S. The molecule has 0 amide bonds. The maximum Gasteiger partial charge on any atom is 0.417 e. The molecule has 4 rings (SSSR count). The Hall–Kier alpha value is -3.18. The summed E-state index contributed by atoms with van der Waals surface area (Å²) in [5.41, 5.74) is 3.91. The first-order chi connectivity index (χ1) is 15.2. The van der Waals surface area contributed by atoms with Crippen LogP contribution >= 0.6 is 0 Å². The molecule has 1 aliphatic rings. The van der Waals surface area contributed by atoms with Crippen molar-refractivity contribution in [2.24, 2.45) is 0 Å². The van der Waals surface area contributed by atoms with Gasteiger partial charge in [-0.05, 0) is 30.3 Å². The number of nitrogen functional groups attached to an aromatic ring is 1. The zero-order chi connectivity index (χ0) is 22.9. The van der Waals surface area contributed by atoms with E-state index < -0.39 is 21.6 Å². The average molecular weight is 464 g/mol. The molecule has 2 aromatic heterocycles. The van der Waals surface area contributed by atoms with Crippen LogP contribution in [0.3, 0.4) is 0 Å². The second kappa shape index (κ2) is 8.40. The summed E-state index contributed by atoms with van der Waals surface area (Å²) in [4.78, 5) is 9.77. The van der Waals surface area contributed by atoms with Crippen molar-refractivity contribution in [1.29, 1.82) is 0 Å². The van der Waals surface area contributed by atoms with Crippen molar-refractivity contribution < 1.29 is 26.3 Å². The van der Waals surface area contributed by atoms with Gasteiger partial charge in [-0.3, -0.25) is 0 Å². The van der Waals surface area contributed by atoms with Gasteiger partial charge in [0, 0.05) is 24.8 Å². The standard InChI is InChI=1S/C21H19F3N4O3S/c22-21(23,24)17-12-19(25)26-13-16(17)18-10-15(32(29,30)14-4-2-1-3-5-14)11-20(27-18)28-6-8-31-9-7-28/h1-5,10-13H,6-9H2,(H2,25,26). The lowest BCUT2D eigenvalue weighted by Gasteiger charge is -2.28. The molecule has 168 valence electrons. The first-order valence-electron chi connectivity index (χ1n) is 9.64. The molecule has 3 aromatic rings.